The topological polar surface area (TPSA) is 76.1 Å². The van der Waals surface area contributed by atoms with E-state index < -0.39 is 9.84 Å². The smallest absolute Gasteiger partial charge is 0.221 e. The van der Waals surface area contributed by atoms with Crippen molar-refractivity contribution in [2.75, 3.05) is 5.75 Å². The number of sulfone groups is 1. The minimum atomic E-state index is -3.13. The molecule has 0 saturated heterocycles. The van der Waals surface area contributed by atoms with E-state index in [-0.39, 0.29) is 29.4 Å². The average molecular weight is 310 g/mol. The number of nitrogens with one attached hydrogen (secondary N) is 1. The number of rotatable bonds is 6. The Hall–Kier alpha value is -1.43. The lowest BCUT2D eigenvalue weighted by atomic mass is 10.2. The fraction of sp³-hybridized carbons (Fsp3) is 0.600. The Kier molecular flexibility index (Phi) is 5.33. The van der Waals surface area contributed by atoms with Crippen molar-refractivity contribution in [3.63, 3.8) is 0 Å². The molecule has 0 radical (unpaired) electrons. The van der Waals surface area contributed by atoms with Crippen molar-refractivity contribution < 1.29 is 13.2 Å². The van der Waals surface area contributed by atoms with Gasteiger partial charge >= 0.3 is 0 Å². The predicted molar refractivity (Wildman–Crippen MR) is 81.5 cm³/mol. The van der Waals surface area contributed by atoms with Crippen LogP contribution < -0.4 is 5.32 Å². The van der Waals surface area contributed by atoms with E-state index >= 15 is 0 Å². The number of carbonyl (C=O) groups excluding carboxylic acids is 1. The van der Waals surface area contributed by atoms with Crippen LogP contribution in [0.25, 0.3) is 0 Å². The van der Waals surface area contributed by atoms with Gasteiger partial charge in [-0.2, -0.15) is 0 Å². The molecule has 1 atom stereocenters. The fourth-order valence-corrected chi connectivity index (χ4v) is 4.52. The van der Waals surface area contributed by atoms with Crippen LogP contribution in [0.1, 0.15) is 50.8 Å². The fourth-order valence-electron chi connectivity index (χ4n) is 2.67. The Morgan fingerprint density at radius 3 is 2.71 bits per heavy atom. The van der Waals surface area contributed by atoms with Gasteiger partial charge in [-0.3, -0.25) is 9.78 Å². The number of hydrogen-bond donors (Lipinski definition) is 1. The average Bonchev–Trinajstić information content (AvgIpc) is 3.01. The Balaban J connectivity index is 1.82. The second kappa shape index (κ2) is 7.02. The second-order valence-electron chi connectivity index (χ2n) is 5.57. The highest BCUT2D eigenvalue weighted by Crippen LogP contribution is 2.25. The lowest BCUT2D eigenvalue weighted by Crippen LogP contribution is -2.30. The number of aromatic nitrogens is 1. The summed E-state index contributed by atoms with van der Waals surface area (Å²) in [5, 5.41) is 2.56. The molecule has 0 aliphatic heterocycles. The summed E-state index contributed by atoms with van der Waals surface area (Å²) in [4.78, 5) is 16.1. The van der Waals surface area contributed by atoms with E-state index in [1.807, 2.05) is 25.1 Å². The molecule has 6 heteroatoms. The molecule has 1 aliphatic carbocycles. The van der Waals surface area contributed by atoms with E-state index in [1.165, 1.54) is 0 Å². The van der Waals surface area contributed by atoms with Crippen molar-refractivity contribution in [2.45, 2.75) is 50.3 Å². The minimum Gasteiger partial charge on any atom is -0.348 e. The summed E-state index contributed by atoms with van der Waals surface area (Å²) in [5.41, 5.74) is 0.768. The maximum atomic E-state index is 12.1. The number of pyridine rings is 1. The largest absolute Gasteiger partial charge is 0.348 e. The quantitative estimate of drug-likeness (QED) is 0.872. The van der Waals surface area contributed by atoms with Gasteiger partial charge in [0.05, 0.1) is 22.7 Å². The number of nitrogens with zero attached hydrogens (tertiary/aromatic N) is 1. The Morgan fingerprint density at radius 1 is 1.38 bits per heavy atom. The van der Waals surface area contributed by atoms with Crippen LogP contribution in [0.4, 0.5) is 0 Å². The molecular formula is C15H22N2O3S. The van der Waals surface area contributed by atoms with E-state index in [2.05, 4.69) is 10.3 Å². The van der Waals surface area contributed by atoms with Crippen LogP contribution in [0.5, 0.6) is 0 Å². The van der Waals surface area contributed by atoms with Crippen LogP contribution in [0.15, 0.2) is 24.4 Å². The maximum absolute atomic E-state index is 12.1. The zero-order valence-corrected chi connectivity index (χ0v) is 13.1. The van der Waals surface area contributed by atoms with Crippen molar-refractivity contribution in [3.8, 4) is 0 Å². The summed E-state index contributed by atoms with van der Waals surface area (Å²) in [6.07, 6.45) is 5.14. The van der Waals surface area contributed by atoms with Crippen molar-refractivity contribution >= 4 is 15.7 Å². The molecule has 5 nitrogen and oxygen atoms in total. The number of hydrogen-bond acceptors (Lipinski definition) is 4. The highest BCUT2D eigenvalue weighted by molar-refractivity contribution is 7.92. The molecule has 1 aromatic rings. The molecular weight excluding hydrogens is 288 g/mol. The van der Waals surface area contributed by atoms with E-state index in [9.17, 15) is 13.2 Å². The van der Waals surface area contributed by atoms with Crippen LogP contribution in [-0.4, -0.2) is 30.3 Å². The monoisotopic (exact) mass is 310 g/mol. The molecule has 1 saturated carbocycles. The normalized spacial score (nSPS) is 17.6. The summed E-state index contributed by atoms with van der Waals surface area (Å²) in [6.45, 7) is 1.84. The van der Waals surface area contributed by atoms with E-state index in [1.54, 1.807) is 6.20 Å². The van der Waals surface area contributed by atoms with Gasteiger partial charge in [-0.1, -0.05) is 18.9 Å². The summed E-state index contributed by atoms with van der Waals surface area (Å²) < 4.78 is 24.2. The Labute approximate surface area is 126 Å². The van der Waals surface area contributed by atoms with Crippen LogP contribution >= 0.6 is 0 Å². The first-order valence-electron chi connectivity index (χ1n) is 7.41. The standard InChI is InChI=1S/C15H22N2O3S/c1-12(14-8-4-5-10-16-14)17-15(18)9-11-21(19,20)13-6-2-3-7-13/h4-5,8,10,12-13H,2-3,6-7,9,11H2,1H3,(H,17,18). The molecule has 1 N–H and O–H groups in total. The van der Waals surface area contributed by atoms with Crippen LogP contribution in [0, 0.1) is 0 Å². The molecule has 1 aromatic heterocycles. The summed E-state index contributed by atoms with van der Waals surface area (Å²) >= 11 is 0. The molecule has 116 valence electrons. The molecule has 1 fully saturated rings. The summed E-state index contributed by atoms with van der Waals surface area (Å²) in [5.74, 6) is -0.298. The van der Waals surface area contributed by atoms with Gasteiger partial charge in [0.2, 0.25) is 5.91 Å². The molecule has 1 unspecified atom stereocenters. The van der Waals surface area contributed by atoms with Gasteiger partial charge < -0.3 is 5.32 Å². The van der Waals surface area contributed by atoms with Gasteiger partial charge in [-0.25, -0.2) is 8.42 Å². The third-order valence-electron chi connectivity index (χ3n) is 3.93. The Morgan fingerprint density at radius 2 is 2.10 bits per heavy atom. The minimum absolute atomic E-state index is 0.0238. The SMILES string of the molecule is CC(NC(=O)CCS(=O)(=O)C1CCCC1)c1ccccn1. The molecule has 0 bridgehead atoms. The first-order valence-corrected chi connectivity index (χ1v) is 9.12. The van der Waals surface area contributed by atoms with E-state index in [4.69, 9.17) is 0 Å². The molecule has 0 aromatic carbocycles. The van der Waals surface area contributed by atoms with Gasteiger partial charge in [0.25, 0.3) is 0 Å². The van der Waals surface area contributed by atoms with Crippen molar-refractivity contribution in [3.05, 3.63) is 30.1 Å². The third-order valence-corrected chi connectivity index (χ3v) is 6.19. The molecule has 2 rings (SSSR count). The maximum Gasteiger partial charge on any atom is 0.221 e. The van der Waals surface area contributed by atoms with Gasteiger partial charge in [0.15, 0.2) is 9.84 Å². The van der Waals surface area contributed by atoms with E-state index in [0.717, 1.165) is 31.4 Å². The van der Waals surface area contributed by atoms with Gasteiger partial charge in [0, 0.05) is 12.6 Å². The Bertz CT molecular complexity index is 566. The molecule has 0 spiro atoms. The van der Waals surface area contributed by atoms with Gasteiger partial charge in [-0.15, -0.1) is 0 Å². The van der Waals surface area contributed by atoms with Crippen molar-refractivity contribution in [2.24, 2.45) is 0 Å². The lowest BCUT2D eigenvalue weighted by molar-refractivity contribution is -0.121. The molecule has 21 heavy (non-hydrogen) atoms. The first-order chi connectivity index (χ1) is 9.99. The first kappa shape index (κ1) is 15.9. The lowest BCUT2D eigenvalue weighted by Gasteiger charge is -2.14. The zero-order valence-electron chi connectivity index (χ0n) is 12.3. The zero-order chi connectivity index (χ0) is 15.3. The van der Waals surface area contributed by atoms with Crippen LogP contribution in [0.2, 0.25) is 0 Å². The second-order valence-corrected chi connectivity index (χ2v) is 7.97. The highest BCUT2D eigenvalue weighted by atomic mass is 32.2. The molecule has 1 aliphatic rings. The van der Waals surface area contributed by atoms with Gasteiger partial charge in [0.1, 0.15) is 0 Å². The van der Waals surface area contributed by atoms with Crippen LogP contribution in [-0.2, 0) is 14.6 Å². The van der Waals surface area contributed by atoms with Crippen molar-refractivity contribution in [1.29, 1.82) is 0 Å². The number of amides is 1. The third kappa shape index (κ3) is 4.52. The molecule has 1 amide bonds. The van der Waals surface area contributed by atoms with Gasteiger partial charge in [-0.05, 0) is 31.9 Å². The number of carbonyl (C=O) groups is 1. The van der Waals surface area contributed by atoms with Crippen molar-refractivity contribution in [1.82, 2.24) is 10.3 Å². The van der Waals surface area contributed by atoms with Crippen LogP contribution in [0.3, 0.4) is 0 Å². The predicted octanol–water partition coefficient (Wildman–Crippen LogP) is 2.01. The summed E-state index contributed by atoms with van der Waals surface area (Å²) in [7, 11) is -3.13. The molecule has 1 heterocycles. The summed E-state index contributed by atoms with van der Waals surface area (Å²) in [6, 6.07) is 5.29. The highest BCUT2D eigenvalue weighted by Gasteiger charge is 2.29. The van der Waals surface area contributed by atoms with E-state index in [0.29, 0.717) is 0 Å².